The molecule has 0 spiro atoms. The van der Waals surface area contributed by atoms with E-state index in [1.165, 1.54) is 17.9 Å². The van der Waals surface area contributed by atoms with Gasteiger partial charge in [0.25, 0.3) is 5.56 Å². The van der Waals surface area contributed by atoms with Crippen LogP contribution in [0.3, 0.4) is 0 Å². The molecule has 0 saturated carbocycles. The van der Waals surface area contributed by atoms with Gasteiger partial charge in [0, 0.05) is 32.0 Å². The first-order chi connectivity index (χ1) is 10.2. The highest BCUT2D eigenvalue weighted by atomic mass is 31.2. The second-order valence-electron chi connectivity index (χ2n) is 5.25. The number of aromatic nitrogens is 2. The largest absolute Gasteiger partial charge is 0.382 e. The quantitative estimate of drug-likeness (QED) is 0.726. The van der Waals surface area contributed by atoms with Crippen molar-refractivity contribution in [3.05, 3.63) is 32.6 Å². The lowest BCUT2D eigenvalue weighted by molar-refractivity contribution is -0.0519. The van der Waals surface area contributed by atoms with Gasteiger partial charge in [-0.2, -0.15) is 0 Å². The van der Waals surface area contributed by atoms with Crippen LogP contribution < -0.4 is 11.2 Å². The van der Waals surface area contributed by atoms with Gasteiger partial charge in [0.2, 0.25) is 0 Å². The molecule has 0 bridgehead atoms. The molecule has 9 nitrogen and oxygen atoms in total. The zero-order valence-electron chi connectivity index (χ0n) is 12.5. The highest BCUT2D eigenvalue weighted by Crippen LogP contribution is 2.43. The first-order valence-corrected chi connectivity index (χ1v) is 8.69. The van der Waals surface area contributed by atoms with Gasteiger partial charge in [-0.15, -0.1) is 0 Å². The Bertz CT molecular complexity index is 691. The average Bonchev–Trinajstić information content (AvgIpc) is 2.75. The van der Waals surface area contributed by atoms with Crippen LogP contribution in [0.15, 0.2) is 15.8 Å². The monoisotopic (exact) mass is 334 g/mol. The first-order valence-electron chi connectivity index (χ1n) is 6.66. The van der Waals surface area contributed by atoms with Gasteiger partial charge in [0.05, 0.1) is 12.7 Å². The van der Waals surface area contributed by atoms with Crippen molar-refractivity contribution in [3.63, 3.8) is 0 Å². The maximum absolute atomic E-state index is 11.9. The summed E-state index contributed by atoms with van der Waals surface area (Å²) in [4.78, 5) is 34.9. The van der Waals surface area contributed by atoms with Crippen molar-refractivity contribution in [2.75, 3.05) is 20.4 Å². The van der Waals surface area contributed by atoms with E-state index in [2.05, 4.69) is 4.98 Å². The molecule has 4 atom stereocenters. The summed E-state index contributed by atoms with van der Waals surface area (Å²) >= 11 is 0. The number of methoxy groups -OCH3 is 1. The number of aryl methyl sites for hydroxylation is 1. The number of rotatable bonds is 5. The first kappa shape index (κ1) is 17.1. The van der Waals surface area contributed by atoms with Gasteiger partial charge < -0.3 is 18.9 Å². The average molecular weight is 334 g/mol. The molecular formula is C12H19N2O7P. The molecule has 22 heavy (non-hydrogen) atoms. The minimum atomic E-state index is -3.70. The van der Waals surface area contributed by atoms with Gasteiger partial charge in [-0.1, -0.05) is 0 Å². The van der Waals surface area contributed by atoms with Gasteiger partial charge in [0.1, 0.15) is 12.3 Å². The molecule has 124 valence electrons. The molecule has 1 aliphatic rings. The Morgan fingerprint density at radius 1 is 1.55 bits per heavy atom. The van der Waals surface area contributed by atoms with Gasteiger partial charge in [-0.3, -0.25) is 18.9 Å². The highest BCUT2D eigenvalue weighted by molar-refractivity contribution is 7.51. The topological polar surface area (TPSA) is 120 Å². The second-order valence-corrected chi connectivity index (χ2v) is 7.06. The summed E-state index contributed by atoms with van der Waals surface area (Å²) in [5.74, 6) is 0. The fraction of sp³-hybridized carbons (Fsp3) is 0.667. The summed E-state index contributed by atoms with van der Waals surface area (Å²) in [5, 5.41) is 0. The molecule has 1 aromatic rings. The van der Waals surface area contributed by atoms with E-state index in [-0.39, 0.29) is 13.0 Å². The smallest absolute Gasteiger partial charge is 0.330 e. The third-order valence-corrected chi connectivity index (χ3v) is 3.96. The Kier molecular flexibility index (Phi) is 5.03. The summed E-state index contributed by atoms with van der Waals surface area (Å²) in [7, 11) is -2.24. The number of nitrogens with one attached hydrogen (secondary N) is 1. The number of aromatic amines is 1. The Morgan fingerprint density at radius 2 is 2.23 bits per heavy atom. The standard InChI is InChI=1S/C12H19N2O7P/c1-7-5-14(12(16)13-11(7)15)10-4-8(21-22(3,17)18)9(20-10)6-19-2/h5,8-10H,4,6H2,1-3H3,(H,17,18)(H,13,15,16). The minimum Gasteiger partial charge on any atom is -0.382 e. The lowest BCUT2D eigenvalue weighted by Gasteiger charge is -2.19. The van der Waals surface area contributed by atoms with E-state index in [0.29, 0.717) is 5.56 Å². The van der Waals surface area contributed by atoms with E-state index >= 15 is 0 Å². The molecule has 1 aromatic heterocycles. The maximum Gasteiger partial charge on any atom is 0.330 e. The maximum atomic E-state index is 11.9. The molecule has 2 N–H and O–H groups in total. The summed E-state index contributed by atoms with van der Waals surface area (Å²) in [5.41, 5.74) is -0.714. The zero-order chi connectivity index (χ0) is 16.5. The van der Waals surface area contributed by atoms with Crippen LogP contribution >= 0.6 is 7.60 Å². The lowest BCUT2D eigenvalue weighted by atomic mass is 10.2. The fourth-order valence-electron chi connectivity index (χ4n) is 2.35. The van der Waals surface area contributed by atoms with E-state index in [4.69, 9.17) is 14.0 Å². The Hall–Kier alpha value is -1.25. The van der Waals surface area contributed by atoms with Crippen LogP contribution in [0.25, 0.3) is 0 Å². The molecular weight excluding hydrogens is 315 g/mol. The van der Waals surface area contributed by atoms with E-state index in [1.54, 1.807) is 6.92 Å². The summed E-state index contributed by atoms with van der Waals surface area (Å²) in [6, 6.07) is 0. The second kappa shape index (κ2) is 6.47. The molecule has 2 rings (SSSR count). The molecule has 2 heterocycles. The summed E-state index contributed by atoms with van der Waals surface area (Å²) in [6.07, 6.45) is -0.403. The van der Waals surface area contributed by atoms with Gasteiger partial charge in [-0.25, -0.2) is 4.79 Å². The molecule has 0 aliphatic carbocycles. The van der Waals surface area contributed by atoms with Crippen LogP contribution in [0.5, 0.6) is 0 Å². The van der Waals surface area contributed by atoms with Crippen molar-refractivity contribution in [1.29, 1.82) is 0 Å². The van der Waals surface area contributed by atoms with E-state index in [1.807, 2.05) is 0 Å². The highest BCUT2D eigenvalue weighted by Gasteiger charge is 2.40. The number of H-pyrrole nitrogens is 1. The number of hydrogen-bond acceptors (Lipinski definition) is 6. The molecule has 0 radical (unpaired) electrons. The van der Waals surface area contributed by atoms with Crippen molar-refractivity contribution in [1.82, 2.24) is 9.55 Å². The van der Waals surface area contributed by atoms with E-state index < -0.39 is 37.3 Å². The molecule has 1 saturated heterocycles. The zero-order valence-corrected chi connectivity index (χ0v) is 13.4. The van der Waals surface area contributed by atoms with E-state index in [0.717, 1.165) is 6.66 Å². The van der Waals surface area contributed by atoms with Crippen molar-refractivity contribution in [3.8, 4) is 0 Å². The normalized spacial score (nSPS) is 27.7. The molecule has 0 aromatic carbocycles. The minimum absolute atomic E-state index is 0.151. The molecule has 0 amide bonds. The van der Waals surface area contributed by atoms with Crippen molar-refractivity contribution in [2.45, 2.75) is 31.8 Å². The fourth-order valence-corrected chi connectivity index (χ4v) is 3.07. The van der Waals surface area contributed by atoms with Gasteiger partial charge in [0.15, 0.2) is 0 Å². The Labute approximate surface area is 126 Å². The SMILES string of the molecule is COCC1OC(n2cc(C)c(=O)[nH]c2=O)CC1OP(C)(=O)O. The lowest BCUT2D eigenvalue weighted by Crippen LogP contribution is -2.33. The van der Waals surface area contributed by atoms with Crippen LogP contribution in [-0.2, 0) is 18.6 Å². The Morgan fingerprint density at radius 3 is 2.82 bits per heavy atom. The molecule has 1 aliphatic heterocycles. The van der Waals surface area contributed by atoms with Crippen molar-refractivity contribution < 1.29 is 23.5 Å². The summed E-state index contributed by atoms with van der Waals surface area (Å²) < 4.78 is 28.5. The van der Waals surface area contributed by atoms with Crippen LogP contribution in [0.4, 0.5) is 0 Å². The predicted octanol–water partition coefficient (Wildman–Crippen LogP) is -0.0207. The van der Waals surface area contributed by atoms with Crippen LogP contribution in [0, 0.1) is 6.92 Å². The van der Waals surface area contributed by atoms with Crippen molar-refractivity contribution in [2.24, 2.45) is 0 Å². The van der Waals surface area contributed by atoms with Crippen LogP contribution in [0.1, 0.15) is 18.2 Å². The van der Waals surface area contributed by atoms with Gasteiger partial charge >= 0.3 is 13.3 Å². The Balaban J connectivity index is 2.27. The third-order valence-electron chi connectivity index (χ3n) is 3.30. The predicted molar refractivity (Wildman–Crippen MR) is 77.1 cm³/mol. The molecule has 10 heteroatoms. The van der Waals surface area contributed by atoms with Gasteiger partial charge in [-0.05, 0) is 6.92 Å². The van der Waals surface area contributed by atoms with Crippen molar-refractivity contribution >= 4 is 7.60 Å². The number of hydrogen-bond donors (Lipinski definition) is 2. The number of nitrogens with zero attached hydrogens (tertiary/aromatic N) is 1. The van der Waals surface area contributed by atoms with E-state index in [9.17, 15) is 19.0 Å². The molecule has 4 unspecified atom stereocenters. The van der Waals surface area contributed by atoms with Crippen LogP contribution in [0.2, 0.25) is 0 Å². The van der Waals surface area contributed by atoms with Crippen LogP contribution in [-0.4, -0.2) is 47.0 Å². The molecule has 1 fully saturated rings. The number of ether oxygens (including phenoxy) is 2. The third kappa shape index (κ3) is 3.93. The summed E-state index contributed by atoms with van der Waals surface area (Å²) in [6.45, 7) is 2.80.